The van der Waals surface area contributed by atoms with Gasteiger partial charge in [-0.2, -0.15) is 11.8 Å². The predicted molar refractivity (Wildman–Crippen MR) is 89.1 cm³/mol. The smallest absolute Gasteiger partial charge is 0.206 e. The molecule has 0 spiro atoms. The number of aromatic nitrogens is 2. The molecule has 0 unspecified atom stereocenters. The number of benzene rings is 1. The van der Waals surface area contributed by atoms with Crippen LogP contribution in [0.2, 0.25) is 15.3 Å². The van der Waals surface area contributed by atoms with E-state index in [-0.39, 0.29) is 5.28 Å². The first-order valence-electron chi connectivity index (χ1n) is 6.47. The number of ether oxygens (including phenoxy) is 1. The first-order valence-corrected chi connectivity index (χ1v) is 8.99. The van der Waals surface area contributed by atoms with E-state index >= 15 is 0 Å². The van der Waals surface area contributed by atoms with Gasteiger partial charge in [0.25, 0.3) is 0 Å². The largest absolute Gasteiger partial charge is 0.387 e. The molecule has 2 aromatic rings. The van der Waals surface area contributed by atoms with Crippen LogP contribution >= 0.6 is 46.6 Å². The van der Waals surface area contributed by atoms with E-state index in [1.54, 1.807) is 12.1 Å². The van der Waals surface area contributed by atoms with Crippen molar-refractivity contribution in [1.29, 1.82) is 0 Å². The Morgan fingerprint density at radius 2 is 1.91 bits per heavy atom. The molecule has 120 valence electrons. The van der Waals surface area contributed by atoms with Crippen LogP contribution < -0.4 is 0 Å². The molecule has 1 aliphatic rings. The van der Waals surface area contributed by atoms with E-state index in [1.807, 2.05) is 6.26 Å². The molecule has 0 saturated carbocycles. The predicted octanol–water partition coefficient (Wildman–Crippen LogP) is 2.98. The van der Waals surface area contributed by atoms with Gasteiger partial charge in [-0.25, -0.2) is 4.98 Å². The highest BCUT2D eigenvalue weighted by molar-refractivity contribution is 7.98. The molecule has 4 atom stereocenters. The molecular weight excluding hydrogens is 371 g/mol. The summed E-state index contributed by atoms with van der Waals surface area (Å²) in [7, 11) is 0. The Labute approximate surface area is 146 Å². The van der Waals surface area contributed by atoms with Crippen LogP contribution in [0.25, 0.3) is 11.0 Å². The minimum atomic E-state index is -1.11. The maximum Gasteiger partial charge on any atom is 0.206 e. The maximum atomic E-state index is 10.3. The van der Waals surface area contributed by atoms with Crippen LogP contribution in [0.3, 0.4) is 0 Å². The van der Waals surface area contributed by atoms with Crippen molar-refractivity contribution in [3.8, 4) is 0 Å². The Morgan fingerprint density at radius 3 is 2.59 bits per heavy atom. The Morgan fingerprint density at radius 1 is 1.23 bits per heavy atom. The minimum Gasteiger partial charge on any atom is -0.387 e. The lowest BCUT2D eigenvalue weighted by molar-refractivity contribution is -0.0283. The second kappa shape index (κ2) is 6.36. The van der Waals surface area contributed by atoms with E-state index in [0.29, 0.717) is 26.8 Å². The van der Waals surface area contributed by atoms with E-state index in [9.17, 15) is 10.2 Å². The fraction of sp³-hybridized carbons (Fsp3) is 0.462. The lowest BCUT2D eigenvalue weighted by Gasteiger charge is -2.18. The van der Waals surface area contributed by atoms with Gasteiger partial charge in [0, 0.05) is 5.75 Å². The fourth-order valence-electron chi connectivity index (χ4n) is 2.55. The Kier molecular flexibility index (Phi) is 4.81. The monoisotopic (exact) mass is 382 g/mol. The highest BCUT2D eigenvalue weighted by Crippen LogP contribution is 2.37. The van der Waals surface area contributed by atoms with E-state index in [0.717, 1.165) is 0 Å². The maximum absolute atomic E-state index is 10.3. The van der Waals surface area contributed by atoms with Crippen LogP contribution in [0.15, 0.2) is 12.1 Å². The van der Waals surface area contributed by atoms with Crippen LogP contribution in [-0.4, -0.2) is 50.1 Å². The van der Waals surface area contributed by atoms with E-state index in [4.69, 9.17) is 39.5 Å². The van der Waals surface area contributed by atoms with Crippen molar-refractivity contribution in [3.63, 3.8) is 0 Å². The molecular formula is C13H13Cl3N2O3S. The molecule has 1 fully saturated rings. The Balaban J connectivity index is 2.06. The van der Waals surface area contributed by atoms with E-state index in [1.165, 1.54) is 16.3 Å². The molecule has 2 N–H and O–H groups in total. The first-order chi connectivity index (χ1) is 10.4. The summed E-state index contributed by atoms with van der Waals surface area (Å²) in [6, 6.07) is 3.21. The number of fused-ring (bicyclic) bond motifs is 1. The summed E-state index contributed by atoms with van der Waals surface area (Å²) in [5.74, 6) is 0.561. The summed E-state index contributed by atoms with van der Waals surface area (Å²) in [5, 5.41) is 21.2. The standard InChI is InChI=1S/C13H13Cl3N2O3S/c1-22-4-9-10(19)11(20)12(21-9)18-8-3-6(15)5(14)2-7(8)17-13(18)16/h2-3,9-12,19-20H,4H2,1H3/t9-,10-,11-,12-/m1/s1. The third-order valence-corrected chi connectivity index (χ3v) is 5.26. The number of halogens is 3. The molecule has 1 aromatic carbocycles. The van der Waals surface area contributed by atoms with Gasteiger partial charge in [-0.05, 0) is 30.0 Å². The number of hydrogen-bond donors (Lipinski definition) is 2. The van der Waals surface area contributed by atoms with Crippen molar-refractivity contribution in [3.05, 3.63) is 27.5 Å². The SMILES string of the molecule is CSC[C@H]1O[C@@H](n2c(Cl)nc3cc(Cl)c(Cl)cc32)[C@H](O)[C@@H]1O. The molecule has 3 rings (SSSR count). The summed E-state index contributed by atoms with van der Waals surface area (Å²) in [5.41, 5.74) is 1.12. The van der Waals surface area contributed by atoms with Crippen molar-refractivity contribution >= 4 is 57.6 Å². The van der Waals surface area contributed by atoms with Gasteiger partial charge in [0.2, 0.25) is 5.28 Å². The number of nitrogens with zero attached hydrogens (tertiary/aromatic N) is 2. The highest BCUT2D eigenvalue weighted by Gasteiger charge is 2.44. The van der Waals surface area contributed by atoms with Gasteiger partial charge in [0.05, 0.1) is 27.2 Å². The fourth-order valence-corrected chi connectivity index (χ4v) is 3.75. The zero-order valence-electron chi connectivity index (χ0n) is 11.4. The molecule has 1 aromatic heterocycles. The van der Waals surface area contributed by atoms with Gasteiger partial charge >= 0.3 is 0 Å². The van der Waals surface area contributed by atoms with Crippen LogP contribution in [0, 0.1) is 0 Å². The van der Waals surface area contributed by atoms with Crippen LogP contribution in [-0.2, 0) is 4.74 Å². The number of aliphatic hydroxyl groups excluding tert-OH is 2. The minimum absolute atomic E-state index is 0.134. The molecule has 0 radical (unpaired) electrons. The number of thioether (sulfide) groups is 1. The lowest BCUT2D eigenvalue weighted by Crippen LogP contribution is -2.32. The molecule has 0 bridgehead atoms. The third kappa shape index (κ3) is 2.71. The molecule has 1 aliphatic heterocycles. The summed E-state index contributed by atoms with van der Waals surface area (Å²) in [6.07, 6.45) is -1.51. The summed E-state index contributed by atoms with van der Waals surface area (Å²) in [4.78, 5) is 4.20. The van der Waals surface area contributed by atoms with Crippen molar-refractivity contribution in [2.45, 2.75) is 24.5 Å². The van der Waals surface area contributed by atoms with Gasteiger partial charge in [0.15, 0.2) is 6.23 Å². The molecule has 0 amide bonds. The summed E-state index contributed by atoms with van der Waals surface area (Å²) in [6.45, 7) is 0. The molecule has 5 nitrogen and oxygen atoms in total. The van der Waals surface area contributed by atoms with Crippen molar-refractivity contribution in [1.82, 2.24) is 9.55 Å². The molecule has 0 aliphatic carbocycles. The number of hydrogen-bond acceptors (Lipinski definition) is 5. The first kappa shape index (κ1) is 16.6. The normalized spacial score (nSPS) is 28.6. The topological polar surface area (TPSA) is 67.5 Å². The Bertz CT molecular complexity index is 711. The number of rotatable bonds is 3. The van der Waals surface area contributed by atoms with Crippen molar-refractivity contribution in [2.75, 3.05) is 12.0 Å². The van der Waals surface area contributed by atoms with Gasteiger partial charge in [-0.1, -0.05) is 23.2 Å². The average Bonchev–Trinajstić information content (AvgIpc) is 2.91. The number of aliphatic hydroxyl groups is 2. The summed E-state index contributed by atoms with van der Waals surface area (Å²) >= 11 is 19.7. The zero-order chi connectivity index (χ0) is 16.0. The third-order valence-electron chi connectivity index (χ3n) is 3.61. The van der Waals surface area contributed by atoms with Gasteiger partial charge in [-0.3, -0.25) is 4.57 Å². The van der Waals surface area contributed by atoms with Gasteiger partial charge in [-0.15, -0.1) is 0 Å². The Hall–Kier alpha value is -0.210. The number of imidazole rings is 1. The lowest BCUT2D eigenvalue weighted by atomic mass is 10.1. The van der Waals surface area contributed by atoms with Crippen molar-refractivity contribution < 1.29 is 14.9 Å². The quantitative estimate of drug-likeness (QED) is 0.853. The molecule has 2 heterocycles. The average molecular weight is 384 g/mol. The molecule has 9 heteroatoms. The molecule has 1 saturated heterocycles. The summed E-state index contributed by atoms with van der Waals surface area (Å²) < 4.78 is 7.29. The second-order valence-electron chi connectivity index (χ2n) is 5.01. The second-order valence-corrected chi connectivity index (χ2v) is 7.07. The van der Waals surface area contributed by atoms with E-state index < -0.39 is 24.5 Å². The van der Waals surface area contributed by atoms with Crippen LogP contribution in [0.4, 0.5) is 0 Å². The zero-order valence-corrected chi connectivity index (χ0v) is 14.5. The van der Waals surface area contributed by atoms with Crippen LogP contribution in [0.5, 0.6) is 0 Å². The van der Waals surface area contributed by atoms with E-state index in [2.05, 4.69) is 4.98 Å². The van der Waals surface area contributed by atoms with Crippen molar-refractivity contribution in [2.24, 2.45) is 0 Å². The van der Waals surface area contributed by atoms with Gasteiger partial charge in [0.1, 0.15) is 12.2 Å². The molecule has 22 heavy (non-hydrogen) atoms. The van der Waals surface area contributed by atoms with Crippen LogP contribution in [0.1, 0.15) is 6.23 Å². The van der Waals surface area contributed by atoms with Gasteiger partial charge < -0.3 is 14.9 Å². The highest BCUT2D eigenvalue weighted by atomic mass is 35.5.